The van der Waals surface area contributed by atoms with Gasteiger partial charge in [-0.3, -0.25) is 0 Å². The second kappa shape index (κ2) is 3.67. The van der Waals surface area contributed by atoms with Gasteiger partial charge in [0.2, 0.25) is 0 Å². The maximum Gasteiger partial charge on any atom is 0.392 e. The van der Waals surface area contributed by atoms with Gasteiger partial charge in [0.15, 0.2) is 0 Å². The van der Waals surface area contributed by atoms with Gasteiger partial charge in [-0.15, -0.1) is 0 Å². The van der Waals surface area contributed by atoms with E-state index in [1.807, 2.05) is 0 Å². The second-order valence-electron chi connectivity index (χ2n) is 3.72. The van der Waals surface area contributed by atoms with Crippen LogP contribution in [0.15, 0.2) is 12.1 Å². The molecule has 0 N–H and O–H groups in total. The fourth-order valence-corrected chi connectivity index (χ4v) is 2.03. The van der Waals surface area contributed by atoms with Crippen molar-refractivity contribution in [3.8, 4) is 0 Å². The molecule has 0 amide bonds. The van der Waals surface area contributed by atoms with E-state index < -0.39 is 12.1 Å². The molecule has 0 spiro atoms. The third-order valence-electron chi connectivity index (χ3n) is 2.69. The third-order valence-corrected chi connectivity index (χ3v) is 2.90. The van der Waals surface area contributed by atoms with Gasteiger partial charge in [0.1, 0.15) is 5.15 Å². The zero-order valence-electron chi connectivity index (χ0n) is 7.81. The van der Waals surface area contributed by atoms with Crippen molar-refractivity contribution in [1.29, 1.82) is 0 Å². The van der Waals surface area contributed by atoms with Crippen LogP contribution in [0, 0.1) is 5.92 Å². The van der Waals surface area contributed by atoms with Crippen molar-refractivity contribution in [2.75, 3.05) is 0 Å². The molecule has 1 heterocycles. The van der Waals surface area contributed by atoms with E-state index in [0.717, 1.165) is 0 Å². The van der Waals surface area contributed by atoms with Crippen LogP contribution in [0.2, 0.25) is 5.15 Å². The molecular weight excluding hydrogens is 227 g/mol. The molecule has 0 aliphatic heterocycles. The van der Waals surface area contributed by atoms with Crippen LogP contribution < -0.4 is 0 Å². The van der Waals surface area contributed by atoms with Gasteiger partial charge in [0.05, 0.1) is 5.92 Å². The van der Waals surface area contributed by atoms with Gasteiger partial charge in [-0.25, -0.2) is 4.98 Å². The van der Waals surface area contributed by atoms with Crippen molar-refractivity contribution in [2.24, 2.45) is 5.92 Å². The number of hydrogen-bond donors (Lipinski definition) is 0. The molecule has 1 aromatic rings. The summed E-state index contributed by atoms with van der Waals surface area (Å²) in [7, 11) is 0. The van der Waals surface area contributed by atoms with Gasteiger partial charge in [-0.1, -0.05) is 17.7 Å². The Labute approximate surface area is 90.3 Å². The van der Waals surface area contributed by atoms with Crippen molar-refractivity contribution in [1.82, 2.24) is 4.98 Å². The minimum Gasteiger partial charge on any atom is -0.241 e. The van der Waals surface area contributed by atoms with Crippen molar-refractivity contribution in [3.63, 3.8) is 0 Å². The number of fused-ring (bicyclic) bond motifs is 1. The molecule has 1 aliphatic carbocycles. The first kappa shape index (κ1) is 10.7. The van der Waals surface area contributed by atoms with Crippen molar-refractivity contribution in [3.05, 3.63) is 28.5 Å². The van der Waals surface area contributed by atoms with E-state index in [4.69, 9.17) is 11.6 Å². The second-order valence-corrected chi connectivity index (χ2v) is 4.11. The van der Waals surface area contributed by atoms with Gasteiger partial charge in [-0.05, 0) is 30.9 Å². The summed E-state index contributed by atoms with van der Waals surface area (Å²) in [6.45, 7) is 0. The Morgan fingerprint density at radius 2 is 2.07 bits per heavy atom. The Morgan fingerprint density at radius 3 is 2.73 bits per heavy atom. The van der Waals surface area contributed by atoms with Crippen molar-refractivity contribution in [2.45, 2.75) is 25.4 Å². The lowest BCUT2D eigenvalue weighted by Gasteiger charge is -2.25. The van der Waals surface area contributed by atoms with Gasteiger partial charge in [0.25, 0.3) is 0 Å². The first-order chi connectivity index (χ1) is 6.97. The maximum atomic E-state index is 12.5. The molecule has 0 aromatic carbocycles. The SMILES string of the molecule is FC(F)(F)C1CCc2nc(Cl)ccc2C1. The van der Waals surface area contributed by atoms with E-state index in [2.05, 4.69) is 4.98 Å². The lowest BCUT2D eigenvalue weighted by atomic mass is 9.86. The largest absolute Gasteiger partial charge is 0.392 e. The number of alkyl halides is 3. The number of nitrogens with zero attached hydrogens (tertiary/aromatic N) is 1. The van der Waals surface area contributed by atoms with Crippen LogP contribution in [-0.4, -0.2) is 11.2 Å². The van der Waals surface area contributed by atoms with Crippen LogP contribution in [0.1, 0.15) is 17.7 Å². The van der Waals surface area contributed by atoms with Crippen molar-refractivity contribution < 1.29 is 13.2 Å². The predicted molar refractivity (Wildman–Crippen MR) is 50.8 cm³/mol. The highest BCUT2D eigenvalue weighted by Crippen LogP contribution is 2.36. The lowest BCUT2D eigenvalue weighted by Crippen LogP contribution is -2.29. The summed E-state index contributed by atoms with van der Waals surface area (Å²) in [5, 5.41) is 0.346. The summed E-state index contributed by atoms with van der Waals surface area (Å²) in [6, 6.07) is 3.18. The summed E-state index contributed by atoms with van der Waals surface area (Å²) in [5.41, 5.74) is 1.39. The maximum absolute atomic E-state index is 12.5. The topological polar surface area (TPSA) is 12.9 Å². The summed E-state index contributed by atoms with van der Waals surface area (Å²) in [6.07, 6.45) is -3.59. The summed E-state index contributed by atoms with van der Waals surface area (Å²) in [5.74, 6) is -1.23. The Bertz CT molecular complexity index is 375. The highest BCUT2D eigenvalue weighted by Gasteiger charge is 2.41. The molecule has 5 heteroatoms. The Kier molecular flexibility index (Phi) is 2.63. The van der Waals surface area contributed by atoms with E-state index >= 15 is 0 Å². The predicted octanol–water partition coefficient (Wildman–Crippen LogP) is 3.40. The smallest absolute Gasteiger partial charge is 0.241 e. The molecule has 0 radical (unpaired) electrons. The Hall–Kier alpha value is -0.770. The number of halogens is 4. The zero-order chi connectivity index (χ0) is 11.1. The normalized spacial score (nSPS) is 21.2. The van der Waals surface area contributed by atoms with E-state index in [1.54, 1.807) is 12.1 Å². The number of aromatic nitrogens is 1. The zero-order valence-corrected chi connectivity index (χ0v) is 8.57. The molecule has 1 aliphatic rings. The van der Waals surface area contributed by atoms with E-state index in [0.29, 0.717) is 22.8 Å². The van der Waals surface area contributed by atoms with E-state index in [-0.39, 0.29) is 12.8 Å². The molecule has 0 bridgehead atoms. The number of pyridine rings is 1. The minimum absolute atomic E-state index is 0.0308. The Balaban J connectivity index is 2.24. The van der Waals surface area contributed by atoms with E-state index in [1.165, 1.54) is 0 Å². The summed E-state index contributed by atoms with van der Waals surface area (Å²) >= 11 is 5.67. The monoisotopic (exact) mass is 235 g/mol. The minimum atomic E-state index is -4.10. The summed E-state index contributed by atoms with van der Waals surface area (Å²) in [4.78, 5) is 4.03. The average Bonchev–Trinajstić information content (AvgIpc) is 2.15. The molecule has 1 aromatic heterocycles. The highest BCUT2D eigenvalue weighted by molar-refractivity contribution is 6.29. The molecule has 82 valence electrons. The quantitative estimate of drug-likeness (QED) is 0.628. The lowest BCUT2D eigenvalue weighted by molar-refractivity contribution is -0.177. The van der Waals surface area contributed by atoms with E-state index in [9.17, 15) is 13.2 Å². The molecule has 1 nitrogen and oxygen atoms in total. The average molecular weight is 236 g/mol. The molecule has 0 saturated carbocycles. The van der Waals surface area contributed by atoms with Crippen LogP contribution >= 0.6 is 11.6 Å². The number of rotatable bonds is 0. The fourth-order valence-electron chi connectivity index (χ4n) is 1.86. The standard InChI is InChI=1S/C10H9ClF3N/c11-9-4-1-6-5-7(10(12,13)14)2-3-8(6)15-9/h1,4,7H,2-3,5H2. The first-order valence-electron chi connectivity index (χ1n) is 4.68. The fraction of sp³-hybridized carbons (Fsp3) is 0.500. The molecular formula is C10H9ClF3N. The van der Waals surface area contributed by atoms with Gasteiger partial charge < -0.3 is 0 Å². The third kappa shape index (κ3) is 2.25. The van der Waals surface area contributed by atoms with Crippen LogP contribution in [0.5, 0.6) is 0 Å². The molecule has 0 fully saturated rings. The molecule has 1 unspecified atom stereocenters. The van der Waals surface area contributed by atoms with Crippen LogP contribution in [-0.2, 0) is 12.8 Å². The summed E-state index contributed by atoms with van der Waals surface area (Å²) < 4.78 is 37.4. The van der Waals surface area contributed by atoms with Crippen LogP contribution in [0.4, 0.5) is 13.2 Å². The Morgan fingerprint density at radius 1 is 1.33 bits per heavy atom. The number of aryl methyl sites for hydroxylation is 1. The van der Waals surface area contributed by atoms with Crippen LogP contribution in [0.3, 0.4) is 0 Å². The first-order valence-corrected chi connectivity index (χ1v) is 5.05. The van der Waals surface area contributed by atoms with Gasteiger partial charge in [-0.2, -0.15) is 13.2 Å². The van der Waals surface area contributed by atoms with Crippen molar-refractivity contribution >= 4 is 11.6 Å². The highest BCUT2D eigenvalue weighted by atomic mass is 35.5. The molecule has 15 heavy (non-hydrogen) atoms. The van der Waals surface area contributed by atoms with Gasteiger partial charge >= 0.3 is 6.18 Å². The number of hydrogen-bond acceptors (Lipinski definition) is 1. The van der Waals surface area contributed by atoms with Gasteiger partial charge in [0, 0.05) is 5.69 Å². The molecule has 2 rings (SSSR count). The molecule has 1 atom stereocenters. The molecule has 0 saturated heterocycles. The van der Waals surface area contributed by atoms with Crippen LogP contribution in [0.25, 0.3) is 0 Å².